The Balaban J connectivity index is 1.37. The van der Waals surface area contributed by atoms with Crippen molar-refractivity contribution in [3.63, 3.8) is 0 Å². The summed E-state index contributed by atoms with van der Waals surface area (Å²) >= 11 is 0. The third-order valence-corrected chi connectivity index (χ3v) is 6.28. The first-order valence-corrected chi connectivity index (χ1v) is 13.3. The lowest BCUT2D eigenvalue weighted by molar-refractivity contribution is 0.0395. The number of nitrogens with zero attached hydrogens (tertiary/aromatic N) is 1. The number of benzene rings is 1. The molecule has 2 heterocycles. The van der Waals surface area contributed by atoms with E-state index in [0.717, 1.165) is 73.6 Å². The Morgan fingerprint density at radius 2 is 1.42 bits per heavy atom. The number of hydrogen-bond donors (Lipinski definition) is 0. The van der Waals surface area contributed by atoms with Crippen molar-refractivity contribution in [3.05, 3.63) is 42.2 Å². The quantitative estimate of drug-likeness (QED) is 0.227. The number of hydrogen-bond acceptors (Lipinski definition) is 4. The molecule has 1 aromatic carbocycles. The van der Waals surface area contributed by atoms with E-state index in [9.17, 15) is 0 Å². The van der Waals surface area contributed by atoms with Crippen molar-refractivity contribution in [2.45, 2.75) is 104 Å². The normalized spacial score (nSPS) is 14.7. The van der Waals surface area contributed by atoms with Crippen molar-refractivity contribution in [2.24, 2.45) is 0 Å². The molecule has 1 aliphatic heterocycles. The SMILES string of the molecule is CCCCCCCC1Oc2ccc(-c3ccc(CCCCOCCCCCC)nc3)cc2O1. The first-order chi connectivity index (χ1) is 16.3. The van der Waals surface area contributed by atoms with Crippen LogP contribution >= 0.6 is 0 Å². The van der Waals surface area contributed by atoms with Crippen LogP contribution in [0.4, 0.5) is 0 Å². The Labute approximate surface area is 201 Å². The molecule has 4 heteroatoms. The molecule has 2 aromatic rings. The second-order valence-corrected chi connectivity index (χ2v) is 9.20. The molecule has 0 saturated heterocycles. The highest BCUT2D eigenvalue weighted by molar-refractivity contribution is 5.67. The zero-order chi connectivity index (χ0) is 23.1. The van der Waals surface area contributed by atoms with Gasteiger partial charge in [0.2, 0.25) is 6.29 Å². The van der Waals surface area contributed by atoms with Gasteiger partial charge in [0, 0.05) is 37.1 Å². The Bertz CT molecular complexity index is 790. The molecule has 1 aliphatic rings. The maximum Gasteiger partial charge on any atom is 0.241 e. The van der Waals surface area contributed by atoms with Crippen LogP contribution in [0, 0.1) is 0 Å². The first kappa shape index (κ1) is 25.6. The number of pyridine rings is 1. The van der Waals surface area contributed by atoms with Crippen LogP contribution in [-0.4, -0.2) is 24.5 Å². The summed E-state index contributed by atoms with van der Waals surface area (Å²) < 4.78 is 17.8. The third-order valence-electron chi connectivity index (χ3n) is 6.28. The van der Waals surface area contributed by atoms with E-state index in [0.29, 0.717) is 0 Å². The van der Waals surface area contributed by atoms with Gasteiger partial charge in [0.1, 0.15) is 0 Å². The number of aryl methyl sites for hydroxylation is 1. The fourth-order valence-electron chi connectivity index (χ4n) is 4.20. The second kappa shape index (κ2) is 15.0. The smallest absolute Gasteiger partial charge is 0.241 e. The van der Waals surface area contributed by atoms with E-state index >= 15 is 0 Å². The van der Waals surface area contributed by atoms with Crippen LogP contribution < -0.4 is 9.47 Å². The minimum Gasteiger partial charge on any atom is -0.451 e. The van der Waals surface area contributed by atoms with E-state index < -0.39 is 0 Å². The molecule has 33 heavy (non-hydrogen) atoms. The Morgan fingerprint density at radius 1 is 0.727 bits per heavy atom. The molecule has 0 N–H and O–H groups in total. The molecule has 0 saturated carbocycles. The van der Waals surface area contributed by atoms with Gasteiger partial charge in [0.15, 0.2) is 11.5 Å². The van der Waals surface area contributed by atoms with E-state index in [-0.39, 0.29) is 6.29 Å². The van der Waals surface area contributed by atoms with Crippen LogP contribution in [-0.2, 0) is 11.2 Å². The van der Waals surface area contributed by atoms with Gasteiger partial charge in [-0.2, -0.15) is 0 Å². The number of aromatic nitrogens is 1. The van der Waals surface area contributed by atoms with Crippen LogP contribution in [0.15, 0.2) is 36.5 Å². The largest absolute Gasteiger partial charge is 0.451 e. The number of rotatable bonds is 17. The molecule has 4 nitrogen and oxygen atoms in total. The van der Waals surface area contributed by atoms with Crippen molar-refractivity contribution in [2.75, 3.05) is 13.2 Å². The molecule has 0 bridgehead atoms. The lowest BCUT2D eigenvalue weighted by atomic mass is 10.1. The molecule has 0 radical (unpaired) electrons. The van der Waals surface area contributed by atoms with Gasteiger partial charge >= 0.3 is 0 Å². The number of fused-ring (bicyclic) bond motifs is 1. The zero-order valence-electron chi connectivity index (χ0n) is 20.8. The summed E-state index contributed by atoms with van der Waals surface area (Å²) in [5, 5.41) is 0. The highest BCUT2D eigenvalue weighted by atomic mass is 16.7. The van der Waals surface area contributed by atoms with E-state index in [4.69, 9.17) is 14.2 Å². The van der Waals surface area contributed by atoms with Crippen LogP contribution in [0.5, 0.6) is 11.5 Å². The minimum absolute atomic E-state index is 0.141. The molecule has 1 atom stereocenters. The van der Waals surface area contributed by atoms with E-state index in [1.165, 1.54) is 51.4 Å². The number of unbranched alkanes of at least 4 members (excludes halogenated alkanes) is 8. The summed E-state index contributed by atoms with van der Waals surface area (Å²) in [6.07, 6.45) is 17.4. The van der Waals surface area contributed by atoms with Crippen LogP contribution in [0.2, 0.25) is 0 Å². The van der Waals surface area contributed by atoms with Crippen molar-refractivity contribution in [3.8, 4) is 22.6 Å². The van der Waals surface area contributed by atoms with E-state index in [1.54, 1.807) is 0 Å². The summed E-state index contributed by atoms with van der Waals surface area (Å²) in [5.41, 5.74) is 3.38. The highest BCUT2D eigenvalue weighted by Gasteiger charge is 2.24. The molecule has 0 fully saturated rings. The van der Waals surface area contributed by atoms with E-state index in [1.807, 2.05) is 12.3 Å². The zero-order valence-corrected chi connectivity index (χ0v) is 20.8. The molecular formula is C29H43NO3. The molecule has 1 aromatic heterocycles. The second-order valence-electron chi connectivity index (χ2n) is 9.20. The van der Waals surface area contributed by atoms with Crippen molar-refractivity contribution >= 4 is 0 Å². The van der Waals surface area contributed by atoms with Gasteiger partial charge in [-0.15, -0.1) is 0 Å². The summed E-state index contributed by atoms with van der Waals surface area (Å²) in [6, 6.07) is 10.5. The van der Waals surface area contributed by atoms with Crippen molar-refractivity contribution < 1.29 is 14.2 Å². The van der Waals surface area contributed by atoms with Gasteiger partial charge < -0.3 is 14.2 Å². The predicted octanol–water partition coefficient (Wildman–Crippen LogP) is 8.13. The molecule has 182 valence electrons. The maximum atomic E-state index is 6.06. The average Bonchev–Trinajstić information content (AvgIpc) is 3.25. The fraction of sp³-hybridized carbons (Fsp3) is 0.621. The molecule has 0 amide bonds. The van der Waals surface area contributed by atoms with Crippen LogP contribution in [0.1, 0.15) is 96.6 Å². The van der Waals surface area contributed by atoms with Crippen molar-refractivity contribution in [1.29, 1.82) is 0 Å². The standard InChI is InChI=1S/C29H43NO3/c1-3-5-7-9-10-15-29-32-27-19-17-24(22-28(27)33-29)25-16-18-26(30-23-25)14-11-13-21-31-20-12-8-6-4-2/h16-19,22-23,29H,3-15,20-21H2,1-2H3. The number of ether oxygens (including phenoxy) is 3. The van der Waals surface area contributed by atoms with Gasteiger partial charge in [-0.25, -0.2) is 0 Å². The molecule has 0 spiro atoms. The lowest BCUT2D eigenvalue weighted by Crippen LogP contribution is -2.17. The summed E-state index contributed by atoms with van der Waals surface area (Å²) in [6.45, 7) is 6.25. The highest BCUT2D eigenvalue weighted by Crippen LogP contribution is 2.39. The molecule has 1 unspecified atom stereocenters. The van der Waals surface area contributed by atoms with Gasteiger partial charge in [0.25, 0.3) is 0 Å². The average molecular weight is 454 g/mol. The third kappa shape index (κ3) is 9.00. The summed E-state index contributed by atoms with van der Waals surface area (Å²) in [7, 11) is 0. The molecule has 3 rings (SSSR count). The Hall–Kier alpha value is -2.07. The van der Waals surface area contributed by atoms with Gasteiger partial charge in [0.05, 0.1) is 0 Å². The predicted molar refractivity (Wildman–Crippen MR) is 136 cm³/mol. The van der Waals surface area contributed by atoms with Crippen LogP contribution in [0.25, 0.3) is 11.1 Å². The van der Waals surface area contributed by atoms with Crippen molar-refractivity contribution in [1.82, 2.24) is 4.98 Å². The first-order valence-electron chi connectivity index (χ1n) is 13.3. The molecular weight excluding hydrogens is 410 g/mol. The summed E-state index contributed by atoms with van der Waals surface area (Å²) in [5.74, 6) is 1.71. The monoisotopic (exact) mass is 453 g/mol. The Kier molecular flexibility index (Phi) is 11.6. The van der Waals surface area contributed by atoms with Crippen LogP contribution in [0.3, 0.4) is 0 Å². The minimum atomic E-state index is -0.141. The van der Waals surface area contributed by atoms with Gasteiger partial charge in [-0.1, -0.05) is 70.9 Å². The summed E-state index contributed by atoms with van der Waals surface area (Å²) in [4.78, 5) is 4.68. The Morgan fingerprint density at radius 3 is 2.18 bits per heavy atom. The topological polar surface area (TPSA) is 40.6 Å². The van der Waals surface area contributed by atoms with Gasteiger partial charge in [-0.05, 0) is 55.9 Å². The van der Waals surface area contributed by atoms with Gasteiger partial charge in [-0.3, -0.25) is 4.98 Å². The van der Waals surface area contributed by atoms with E-state index in [2.05, 4.69) is 43.1 Å². The lowest BCUT2D eigenvalue weighted by Gasteiger charge is -2.09. The molecule has 0 aliphatic carbocycles. The fourth-order valence-corrected chi connectivity index (χ4v) is 4.20. The maximum absolute atomic E-state index is 6.06.